The van der Waals surface area contributed by atoms with E-state index < -0.39 is 23.8 Å². The fraction of sp³-hybridized carbons (Fsp3) is 0.462. The number of amides is 1. The van der Waals surface area contributed by atoms with Crippen molar-refractivity contribution in [1.29, 1.82) is 0 Å². The Balaban J connectivity index is 2.15. The Kier molecular flexibility index (Phi) is 4.55. The van der Waals surface area contributed by atoms with Crippen LogP contribution in [0.15, 0.2) is 11.4 Å². The Morgan fingerprint density at radius 1 is 1.50 bits per heavy atom. The van der Waals surface area contributed by atoms with Crippen LogP contribution in [0.5, 0.6) is 0 Å². The van der Waals surface area contributed by atoms with Gasteiger partial charge >= 0.3 is 6.18 Å². The number of nitrogens with one attached hydrogen (secondary N) is 1. The minimum absolute atomic E-state index is 0.228. The third kappa shape index (κ3) is 3.46. The summed E-state index contributed by atoms with van der Waals surface area (Å²) in [7, 11) is 1.71. The standard InChI is InChI=1S/C13H15F3N4OS/c1-4-8(12-18-10(6-22-12)13(14,15)16)17-11(21)9-5-7(2)20(3)19-9/h5-6,8H,4H2,1-3H3,(H,17,21)/t8-/m1/s1. The average Bonchev–Trinajstić information content (AvgIpc) is 3.03. The molecule has 2 aromatic heterocycles. The van der Waals surface area contributed by atoms with Crippen molar-refractivity contribution in [3.63, 3.8) is 0 Å². The number of thiazole rings is 1. The van der Waals surface area contributed by atoms with Crippen LogP contribution in [-0.4, -0.2) is 20.7 Å². The van der Waals surface area contributed by atoms with Gasteiger partial charge < -0.3 is 5.32 Å². The van der Waals surface area contributed by atoms with E-state index in [-0.39, 0.29) is 10.7 Å². The van der Waals surface area contributed by atoms with Crippen LogP contribution in [0.1, 0.15) is 46.3 Å². The van der Waals surface area contributed by atoms with E-state index in [0.717, 1.165) is 22.4 Å². The largest absolute Gasteiger partial charge is 0.434 e. The maximum Gasteiger partial charge on any atom is 0.434 e. The van der Waals surface area contributed by atoms with E-state index in [1.54, 1.807) is 31.6 Å². The summed E-state index contributed by atoms with van der Waals surface area (Å²) in [6.45, 7) is 3.57. The van der Waals surface area contributed by atoms with Gasteiger partial charge in [-0.25, -0.2) is 4.98 Å². The zero-order chi connectivity index (χ0) is 16.5. The monoisotopic (exact) mass is 332 g/mol. The van der Waals surface area contributed by atoms with Crippen molar-refractivity contribution in [2.45, 2.75) is 32.5 Å². The average molecular weight is 332 g/mol. The number of alkyl halides is 3. The Labute approximate surface area is 129 Å². The second-order valence-corrected chi connectivity index (χ2v) is 5.69. The Morgan fingerprint density at radius 2 is 2.18 bits per heavy atom. The minimum Gasteiger partial charge on any atom is -0.341 e. The first kappa shape index (κ1) is 16.5. The van der Waals surface area contributed by atoms with Gasteiger partial charge in [0.05, 0.1) is 6.04 Å². The molecular formula is C13H15F3N4OS. The van der Waals surface area contributed by atoms with Gasteiger partial charge in [0.2, 0.25) is 0 Å². The van der Waals surface area contributed by atoms with Gasteiger partial charge in [-0.15, -0.1) is 11.3 Å². The quantitative estimate of drug-likeness (QED) is 0.936. The van der Waals surface area contributed by atoms with Gasteiger partial charge in [-0.05, 0) is 19.4 Å². The van der Waals surface area contributed by atoms with E-state index in [4.69, 9.17) is 0 Å². The van der Waals surface area contributed by atoms with Crippen LogP contribution in [0.25, 0.3) is 0 Å². The van der Waals surface area contributed by atoms with E-state index >= 15 is 0 Å². The molecular weight excluding hydrogens is 317 g/mol. The number of hydrogen-bond donors (Lipinski definition) is 1. The minimum atomic E-state index is -4.48. The normalized spacial score (nSPS) is 13.2. The van der Waals surface area contributed by atoms with E-state index in [9.17, 15) is 18.0 Å². The molecule has 0 saturated carbocycles. The van der Waals surface area contributed by atoms with Gasteiger partial charge in [-0.1, -0.05) is 6.92 Å². The fourth-order valence-electron chi connectivity index (χ4n) is 1.82. The van der Waals surface area contributed by atoms with Crippen LogP contribution in [-0.2, 0) is 13.2 Å². The lowest BCUT2D eigenvalue weighted by Gasteiger charge is -2.13. The van der Waals surface area contributed by atoms with Gasteiger partial charge in [0, 0.05) is 18.1 Å². The van der Waals surface area contributed by atoms with Crippen LogP contribution in [0.3, 0.4) is 0 Å². The molecule has 0 aliphatic carbocycles. The first-order chi connectivity index (χ1) is 10.2. The maximum atomic E-state index is 12.6. The fourth-order valence-corrected chi connectivity index (χ4v) is 2.78. The Hall–Kier alpha value is -1.90. The van der Waals surface area contributed by atoms with Crippen LogP contribution in [0, 0.1) is 6.92 Å². The van der Waals surface area contributed by atoms with Gasteiger partial charge in [0.1, 0.15) is 10.7 Å². The molecule has 22 heavy (non-hydrogen) atoms. The molecule has 0 aliphatic heterocycles. The lowest BCUT2D eigenvalue weighted by molar-refractivity contribution is -0.140. The summed E-state index contributed by atoms with van der Waals surface area (Å²) >= 11 is 0.883. The van der Waals surface area contributed by atoms with E-state index in [1.165, 1.54) is 0 Å². The molecule has 0 aliphatic rings. The van der Waals surface area contributed by atoms with Crippen molar-refractivity contribution >= 4 is 17.2 Å². The number of aryl methyl sites for hydroxylation is 2. The third-order valence-corrected chi connectivity index (χ3v) is 4.13. The van der Waals surface area contributed by atoms with Crippen LogP contribution >= 0.6 is 11.3 Å². The predicted molar refractivity (Wildman–Crippen MR) is 75.6 cm³/mol. The van der Waals surface area contributed by atoms with Crippen LogP contribution in [0.2, 0.25) is 0 Å². The van der Waals surface area contributed by atoms with E-state index in [0.29, 0.717) is 6.42 Å². The Morgan fingerprint density at radius 3 is 2.64 bits per heavy atom. The molecule has 1 atom stereocenters. The number of nitrogens with zero attached hydrogens (tertiary/aromatic N) is 3. The summed E-state index contributed by atoms with van der Waals surface area (Å²) in [5.74, 6) is -0.431. The zero-order valence-electron chi connectivity index (χ0n) is 12.2. The lowest BCUT2D eigenvalue weighted by Crippen LogP contribution is -2.28. The number of hydrogen-bond acceptors (Lipinski definition) is 4. The number of rotatable bonds is 4. The maximum absolute atomic E-state index is 12.6. The van der Waals surface area contributed by atoms with Crippen molar-refractivity contribution in [2.24, 2.45) is 7.05 Å². The lowest BCUT2D eigenvalue weighted by atomic mass is 10.2. The van der Waals surface area contributed by atoms with Crippen molar-refractivity contribution in [1.82, 2.24) is 20.1 Å². The van der Waals surface area contributed by atoms with E-state index in [1.807, 2.05) is 0 Å². The molecule has 1 amide bonds. The highest BCUT2D eigenvalue weighted by molar-refractivity contribution is 7.09. The topological polar surface area (TPSA) is 59.8 Å². The molecule has 0 spiro atoms. The second kappa shape index (κ2) is 6.07. The zero-order valence-corrected chi connectivity index (χ0v) is 13.0. The smallest absolute Gasteiger partial charge is 0.341 e. The van der Waals surface area contributed by atoms with Gasteiger partial charge in [0.25, 0.3) is 5.91 Å². The molecule has 2 rings (SSSR count). The van der Waals surface area contributed by atoms with Crippen molar-refractivity contribution in [2.75, 3.05) is 0 Å². The molecule has 0 saturated heterocycles. The predicted octanol–water partition coefficient (Wildman–Crippen LogP) is 3.08. The highest BCUT2D eigenvalue weighted by Gasteiger charge is 2.34. The summed E-state index contributed by atoms with van der Waals surface area (Å²) in [6.07, 6.45) is -4.04. The molecule has 0 fully saturated rings. The second-order valence-electron chi connectivity index (χ2n) is 4.80. The Bertz CT molecular complexity index is 658. The van der Waals surface area contributed by atoms with Crippen molar-refractivity contribution in [3.05, 3.63) is 33.5 Å². The first-order valence-corrected chi connectivity index (χ1v) is 7.44. The number of halogens is 3. The molecule has 0 bridgehead atoms. The summed E-state index contributed by atoms with van der Waals surface area (Å²) in [5, 5.41) is 7.90. The summed E-state index contributed by atoms with van der Waals surface area (Å²) in [4.78, 5) is 15.7. The molecule has 0 unspecified atom stereocenters. The SMILES string of the molecule is CC[C@@H](NC(=O)c1cc(C)n(C)n1)c1nc(C(F)(F)F)cs1. The molecule has 0 radical (unpaired) electrons. The van der Waals surface area contributed by atoms with E-state index in [2.05, 4.69) is 15.4 Å². The van der Waals surface area contributed by atoms with Crippen molar-refractivity contribution in [3.8, 4) is 0 Å². The van der Waals surface area contributed by atoms with Crippen LogP contribution in [0.4, 0.5) is 13.2 Å². The van der Waals surface area contributed by atoms with Gasteiger partial charge in [0.15, 0.2) is 5.69 Å². The molecule has 2 aromatic rings. The molecule has 5 nitrogen and oxygen atoms in total. The van der Waals surface area contributed by atoms with Gasteiger partial charge in [-0.2, -0.15) is 18.3 Å². The van der Waals surface area contributed by atoms with Crippen LogP contribution < -0.4 is 5.32 Å². The number of carbonyl (C=O) groups excluding carboxylic acids is 1. The van der Waals surface area contributed by atoms with Gasteiger partial charge in [-0.3, -0.25) is 9.48 Å². The van der Waals surface area contributed by atoms with Crippen molar-refractivity contribution < 1.29 is 18.0 Å². The molecule has 0 aromatic carbocycles. The molecule has 120 valence electrons. The highest BCUT2D eigenvalue weighted by Crippen LogP contribution is 2.32. The summed E-state index contributed by atoms with van der Waals surface area (Å²) in [6, 6.07) is 1.04. The molecule has 2 heterocycles. The summed E-state index contributed by atoms with van der Waals surface area (Å²) < 4.78 is 39.3. The number of carbonyl (C=O) groups is 1. The number of aromatic nitrogens is 3. The summed E-state index contributed by atoms with van der Waals surface area (Å²) in [5.41, 5.74) is 0.103. The first-order valence-electron chi connectivity index (χ1n) is 6.56. The highest BCUT2D eigenvalue weighted by atomic mass is 32.1. The molecule has 1 N–H and O–H groups in total. The third-order valence-electron chi connectivity index (χ3n) is 3.17. The molecule has 9 heteroatoms.